The number of amides is 2. The third-order valence-electron chi connectivity index (χ3n) is 5.50. The molecule has 38 heavy (non-hydrogen) atoms. The number of rotatable bonds is 5. The number of hydrogen-bond donors (Lipinski definition) is 2. The van der Waals surface area contributed by atoms with E-state index >= 15 is 0 Å². The lowest BCUT2D eigenvalue weighted by Gasteiger charge is -2.13. The Hall–Kier alpha value is -4.77. The zero-order chi connectivity index (χ0) is 27.0. The van der Waals surface area contributed by atoms with E-state index in [-0.39, 0.29) is 22.9 Å². The van der Waals surface area contributed by atoms with Crippen LogP contribution in [-0.4, -0.2) is 40.5 Å². The number of fused-ring (bicyclic) bond motifs is 1. The second kappa shape index (κ2) is 9.94. The van der Waals surface area contributed by atoms with Gasteiger partial charge in [-0.3, -0.25) is 9.88 Å². The van der Waals surface area contributed by atoms with Gasteiger partial charge in [0.2, 0.25) is 0 Å². The van der Waals surface area contributed by atoms with Gasteiger partial charge in [0.25, 0.3) is 6.43 Å². The van der Waals surface area contributed by atoms with E-state index in [0.717, 1.165) is 5.69 Å². The quantitative estimate of drug-likeness (QED) is 0.291. The number of nitrogens with one attached hydrogen (secondary N) is 2. The summed E-state index contributed by atoms with van der Waals surface area (Å²) in [6, 6.07) is 12.3. The SMILES string of the molecule is Cc1ccc(NC(=O)Nc2cc3ncn(-c4ccc(C(F)F)c(-n5nc(C#N)cc5C)n4)c3cc2Br)nn1. The molecular formula is C24H17BrF2N10O. The molecular weight excluding hydrogens is 562 g/mol. The average Bonchev–Trinajstić information content (AvgIpc) is 3.47. The Balaban J connectivity index is 1.49. The van der Waals surface area contributed by atoms with Gasteiger partial charge in [0.1, 0.15) is 18.2 Å². The molecule has 190 valence electrons. The molecule has 0 aliphatic carbocycles. The molecule has 0 aliphatic heterocycles. The lowest BCUT2D eigenvalue weighted by Crippen LogP contribution is -2.20. The summed E-state index contributed by atoms with van der Waals surface area (Å²) in [4.78, 5) is 21.3. The standard InChI is InChI=1S/C24H17BrF2N10O/c1-12-3-5-20(34-33-12)31-24(38)30-17-9-18-19(8-16(17)25)36(11-29-18)21-6-4-15(22(26)27)23(32-21)37-13(2)7-14(10-28)35-37/h3-9,11,22H,1-2H3,(H2,30,31,34,38). The van der Waals surface area contributed by atoms with Crippen molar-refractivity contribution < 1.29 is 13.6 Å². The van der Waals surface area contributed by atoms with Gasteiger partial charge in [0.05, 0.1) is 28.0 Å². The second-order valence-electron chi connectivity index (χ2n) is 8.15. The molecule has 0 saturated carbocycles. The Morgan fingerprint density at radius 2 is 1.92 bits per heavy atom. The van der Waals surface area contributed by atoms with E-state index in [0.29, 0.717) is 32.7 Å². The maximum Gasteiger partial charge on any atom is 0.324 e. The van der Waals surface area contributed by atoms with E-state index in [2.05, 4.69) is 51.8 Å². The van der Waals surface area contributed by atoms with Crippen molar-refractivity contribution in [2.24, 2.45) is 0 Å². The number of nitrogens with zero attached hydrogens (tertiary/aromatic N) is 8. The van der Waals surface area contributed by atoms with Crippen molar-refractivity contribution in [2.45, 2.75) is 20.3 Å². The number of pyridine rings is 1. The van der Waals surface area contributed by atoms with Crippen LogP contribution in [0.25, 0.3) is 22.7 Å². The van der Waals surface area contributed by atoms with Crippen LogP contribution in [0.15, 0.2) is 53.3 Å². The van der Waals surface area contributed by atoms with Gasteiger partial charge < -0.3 is 5.32 Å². The van der Waals surface area contributed by atoms with Crippen molar-refractivity contribution in [2.75, 3.05) is 10.6 Å². The number of urea groups is 1. The zero-order valence-corrected chi connectivity index (χ0v) is 21.4. The van der Waals surface area contributed by atoms with Crippen molar-refractivity contribution in [3.8, 4) is 17.7 Å². The van der Waals surface area contributed by atoms with Gasteiger partial charge in [-0.2, -0.15) is 15.5 Å². The summed E-state index contributed by atoms with van der Waals surface area (Å²) in [6.45, 7) is 3.44. The molecule has 0 atom stereocenters. The largest absolute Gasteiger partial charge is 0.324 e. The molecule has 2 amide bonds. The van der Waals surface area contributed by atoms with Crippen molar-refractivity contribution in [1.29, 1.82) is 5.26 Å². The number of halogens is 3. The molecule has 0 aliphatic rings. The number of aromatic nitrogens is 7. The summed E-state index contributed by atoms with van der Waals surface area (Å²) in [5.74, 6) is 0.508. The van der Waals surface area contributed by atoms with Crippen LogP contribution in [0.3, 0.4) is 0 Å². The molecule has 0 unspecified atom stereocenters. The van der Waals surface area contributed by atoms with Crippen molar-refractivity contribution in [3.05, 3.63) is 75.9 Å². The van der Waals surface area contributed by atoms with Crippen LogP contribution in [-0.2, 0) is 0 Å². The number of carbonyl (C=O) groups excluding carboxylic acids is 1. The van der Waals surface area contributed by atoms with Crippen LogP contribution < -0.4 is 10.6 Å². The minimum absolute atomic E-state index is 0.0884. The van der Waals surface area contributed by atoms with Gasteiger partial charge in [-0.15, -0.1) is 5.10 Å². The molecule has 4 heterocycles. The molecule has 0 spiro atoms. The molecule has 0 saturated heterocycles. The minimum Gasteiger partial charge on any atom is -0.306 e. The normalized spacial score (nSPS) is 11.1. The number of alkyl halides is 2. The topological polar surface area (TPSA) is 139 Å². The Bertz CT molecular complexity index is 1720. The fourth-order valence-corrected chi connectivity index (χ4v) is 4.14. The van der Waals surface area contributed by atoms with E-state index in [1.807, 2.05) is 6.07 Å². The maximum absolute atomic E-state index is 13.8. The summed E-state index contributed by atoms with van der Waals surface area (Å²) in [5.41, 5.74) is 2.52. The van der Waals surface area contributed by atoms with E-state index in [4.69, 9.17) is 5.26 Å². The Morgan fingerprint density at radius 1 is 1.11 bits per heavy atom. The molecule has 14 heteroatoms. The lowest BCUT2D eigenvalue weighted by molar-refractivity contribution is 0.150. The molecule has 4 aromatic heterocycles. The van der Waals surface area contributed by atoms with Crippen LogP contribution in [0.2, 0.25) is 0 Å². The van der Waals surface area contributed by atoms with Gasteiger partial charge in [-0.1, -0.05) is 0 Å². The lowest BCUT2D eigenvalue weighted by atomic mass is 10.2. The first-order chi connectivity index (χ1) is 18.2. The Kier molecular flexibility index (Phi) is 6.52. The molecule has 1 aromatic carbocycles. The Morgan fingerprint density at radius 3 is 2.61 bits per heavy atom. The first-order valence-electron chi connectivity index (χ1n) is 11.0. The third-order valence-corrected chi connectivity index (χ3v) is 6.15. The van der Waals surface area contributed by atoms with Crippen molar-refractivity contribution in [3.63, 3.8) is 0 Å². The number of benzene rings is 1. The maximum atomic E-state index is 13.8. The fourth-order valence-electron chi connectivity index (χ4n) is 3.71. The average molecular weight is 579 g/mol. The molecule has 11 nitrogen and oxygen atoms in total. The number of imidazole rings is 1. The predicted molar refractivity (Wildman–Crippen MR) is 138 cm³/mol. The van der Waals surface area contributed by atoms with Gasteiger partial charge in [0.15, 0.2) is 17.3 Å². The predicted octanol–water partition coefficient (Wildman–Crippen LogP) is 5.23. The molecule has 5 rings (SSSR count). The zero-order valence-electron chi connectivity index (χ0n) is 19.8. The summed E-state index contributed by atoms with van der Waals surface area (Å²) >= 11 is 3.46. The van der Waals surface area contributed by atoms with E-state index in [1.54, 1.807) is 42.7 Å². The number of anilines is 2. The summed E-state index contributed by atoms with van der Waals surface area (Å²) in [7, 11) is 0. The van der Waals surface area contributed by atoms with Crippen LogP contribution in [0.4, 0.5) is 25.1 Å². The molecule has 0 radical (unpaired) electrons. The molecule has 0 bridgehead atoms. The van der Waals surface area contributed by atoms with Crippen LogP contribution in [0, 0.1) is 25.2 Å². The fraction of sp³-hybridized carbons (Fsp3) is 0.125. The minimum atomic E-state index is -2.81. The van der Waals surface area contributed by atoms with Crippen LogP contribution in [0.1, 0.15) is 29.1 Å². The van der Waals surface area contributed by atoms with Crippen molar-refractivity contribution in [1.82, 2.24) is 34.5 Å². The molecule has 2 N–H and O–H groups in total. The highest BCUT2D eigenvalue weighted by Gasteiger charge is 2.21. The Labute approximate surface area is 222 Å². The van der Waals surface area contributed by atoms with Crippen LogP contribution >= 0.6 is 15.9 Å². The highest BCUT2D eigenvalue weighted by atomic mass is 79.9. The first kappa shape index (κ1) is 24.9. The highest BCUT2D eigenvalue weighted by molar-refractivity contribution is 9.10. The van der Waals surface area contributed by atoms with E-state index < -0.39 is 12.5 Å². The number of carbonyl (C=O) groups is 1. The monoisotopic (exact) mass is 578 g/mol. The van der Waals surface area contributed by atoms with Crippen molar-refractivity contribution >= 4 is 44.5 Å². The van der Waals surface area contributed by atoms with Crippen LogP contribution in [0.5, 0.6) is 0 Å². The van der Waals surface area contributed by atoms with Gasteiger partial charge in [-0.25, -0.2) is 28.2 Å². The van der Waals surface area contributed by atoms with E-state index in [9.17, 15) is 13.6 Å². The summed E-state index contributed by atoms with van der Waals surface area (Å²) < 4.78 is 31.0. The summed E-state index contributed by atoms with van der Waals surface area (Å²) in [5, 5.41) is 26.4. The van der Waals surface area contributed by atoms with E-state index in [1.165, 1.54) is 29.2 Å². The smallest absolute Gasteiger partial charge is 0.306 e. The molecule has 0 fully saturated rings. The summed E-state index contributed by atoms with van der Waals surface area (Å²) in [6.07, 6.45) is -1.31. The molecule has 5 aromatic rings. The van der Waals surface area contributed by atoms with Gasteiger partial charge in [0, 0.05) is 10.2 Å². The number of hydrogen-bond acceptors (Lipinski definition) is 7. The number of aryl methyl sites for hydroxylation is 2. The first-order valence-corrected chi connectivity index (χ1v) is 11.8. The second-order valence-corrected chi connectivity index (χ2v) is 9.01. The third kappa shape index (κ3) is 4.78. The number of nitriles is 1. The highest BCUT2D eigenvalue weighted by Crippen LogP contribution is 2.31. The van der Waals surface area contributed by atoms with Gasteiger partial charge in [-0.05, 0) is 72.2 Å². The van der Waals surface area contributed by atoms with Gasteiger partial charge >= 0.3 is 6.03 Å².